The lowest BCUT2D eigenvalue weighted by molar-refractivity contribution is -0.142. The SMILES string of the molecule is Cn1nccc1-c1ccc(C(=O)N2CC[C@@H](C(=O)N3CCC(O)(Cn4cnc5c(ccn5C)c4=O)CC3)[C@H](c3ccccc3)C2)n1C. The minimum atomic E-state index is -1.12. The third-order valence-corrected chi connectivity index (χ3v) is 10.2. The number of aromatic nitrogens is 6. The van der Waals surface area contributed by atoms with Gasteiger partial charge in [0.2, 0.25) is 5.91 Å². The molecule has 7 rings (SSSR count). The molecule has 2 atom stereocenters. The monoisotopic (exact) mass is 636 g/mol. The molecule has 2 aliphatic heterocycles. The van der Waals surface area contributed by atoms with Crippen LogP contribution in [0.3, 0.4) is 0 Å². The van der Waals surface area contributed by atoms with E-state index in [-0.39, 0.29) is 35.8 Å². The maximum Gasteiger partial charge on any atom is 0.270 e. The Morgan fingerprint density at radius 3 is 2.43 bits per heavy atom. The van der Waals surface area contributed by atoms with Gasteiger partial charge >= 0.3 is 0 Å². The molecule has 12 heteroatoms. The van der Waals surface area contributed by atoms with Gasteiger partial charge in [-0.3, -0.25) is 23.6 Å². The molecule has 5 aromatic rings. The molecular formula is C35H40N8O4. The number of nitrogens with zero attached hydrogens (tertiary/aromatic N) is 8. The first kappa shape index (κ1) is 30.7. The highest BCUT2D eigenvalue weighted by Crippen LogP contribution is 2.36. The molecule has 6 heterocycles. The highest BCUT2D eigenvalue weighted by Gasteiger charge is 2.42. The third-order valence-electron chi connectivity index (χ3n) is 10.2. The Morgan fingerprint density at radius 1 is 0.936 bits per heavy atom. The van der Waals surface area contributed by atoms with Crippen molar-refractivity contribution in [2.45, 2.75) is 37.3 Å². The van der Waals surface area contributed by atoms with E-state index < -0.39 is 5.60 Å². The van der Waals surface area contributed by atoms with Crippen LogP contribution < -0.4 is 5.56 Å². The summed E-state index contributed by atoms with van der Waals surface area (Å²) in [6, 6.07) is 17.4. The quantitative estimate of drug-likeness (QED) is 0.306. The van der Waals surface area contributed by atoms with Crippen molar-refractivity contribution in [1.29, 1.82) is 0 Å². The molecule has 1 N–H and O–H groups in total. The molecule has 0 bridgehead atoms. The van der Waals surface area contributed by atoms with Crippen molar-refractivity contribution in [2.75, 3.05) is 26.2 Å². The molecule has 0 saturated carbocycles. The first-order valence-electron chi connectivity index (χ1n) is 16.1. The predicted octanol–water partition coefficient (Wildman–Crippen LogP) is 2.77. The van der Waals surface area contributed by atoms with Gasteiger partial charge in [0.1, 0.15) is 17.7 Å². The third kappa shape index (κ3) is 5.56. The van der Waals surface area contributed by atoms with Gasteiger partial charge in [0.05, 0.1) is 28.9 Å². The standard InChI is InChI=1S/C35H40N8O4/c1-38-17-12-26-31(38)36-23-43(33(26)45)22-35(47)14-19-41(20-15-35)32(44)25-13-18-42(21-27(25)24-7-5-4-6-8-24)34(46)30-10-9-28(39(30)2)29-11-16-37-40(29)3/h4-12,16-17,23,25,27,47H,13-15,18-22H2,1-3H3/t25-,27+/m1/s1. The number of hydrogen-bond acceptors (Lipinski definition) is 6. The number of aliphatic hydroxyl groups is 1. The Morgan fingerprint density at radius 2 is 1.70 bits per heavy atom. The first-order chi connectivity index (χ1) is 22.6. The zero-order valence-corrected chi connectivity index (χ0v) is 27.0. The van der Waals surface area contributed by atoms with Crippen LogP contribution in [0.1, 0.15) is 41.2 Å². The molecule has 1 aromatic carbocycles. The molecule has 2 amide bonds. The molecule has 0 aliphatic carbocycles. The van der Waals surface area contributed by atoms with Crippen LogP contribution in [0.15, 0.2) is 78.1 Å². The van der Waals surface area contributed by atoms with Crippen molar-refractivity contribution in [3.05, 3.63) is 94.9 Å². The number of rotatable bonds is 6. The normalized spacial score (nSPS) is 19.7. The first-order valence-corrected chi connectivity index (χ1v) is 16.1. The fourth-order valence-corrected chi connectivity index (χ4v) is 7.39. The van der Waals surface area contributed by atoms with Gasteiger partial charge in [0.15, 0.2) is 0 Å². The minimum Gasteiger partial charge on any atom is -0.388 e. The molecule has 2 aliphatic rings. The van der Waals surface area contributed by atoms with Crippen molar-refractivity contribution in [2.24, 2.45) is 27.1 Å². The number of hydrogen-bond donors (Lipinski definition) is 1. The largest absolute Gasteiger partial charge is 0.388 e. The molecule has 2 saturated heterocycles. The van der Waals surface area contributed by atoms with Gasteiger partial charge in [-0.1, -0.05) is 30.3 Å². The zero-order valence-electron chi connectivity index (χ0n) is 27.0. The Labute approximate surface area is 272 Å². The van der Waals surface area contributed by atoms with Gasteiger partial charge < -0.3 is 24.0 Å². The lowest BCUT2D eigenvalue weighted by atomic mass is 9.79. The summed E-state index contributed by atoms with van der Waals surface area (Å²) in [5, 5.41) is 16.3. The zero-order chi connectivity index (χ0) is 32.9. The van der Waals surface area contributed by atoms with Gasteiger partial charge in [-0.15, -0.1) is 0 Å². The number of carbonyl (C=O) groups excluding carboxylic acids is 2. The van der Waals surface area contributed by atoms with Gasteiger partial charge in [-0.2, -0.15) is 5.10 Å². The van der Waals surface area contributed by atoms with E-state index in [2.05, 4.69) is 10.1 Å². The lowest BCUT2D eigenvalue weighted by Crippen LogP contribution is -2.53. The van der Waals surface area contributed by atoms with E-state index >= 15 is 0 Å². The Kier molecular flexibility index (Phi) is 7.83. The van der Waals surface area contributed by atoms with Crippen molar-refractivity contribution >= 4 is 22.8 Å². The number of aryl methyl sites for hydroxylation is 2. The summed E-state index contributed by atoms with van der Waals surface area (Å²) < 4.78 is 6.97. The van der Waals surface area contributed by atoms with E-state index in [0.717, 1.165) is 17.0 Å². The summed E-state index contributed by atoms with van der Waals surface area (Å²) in [4.78, 5) is 49.2. The van der Waals surface area contributed by atoms with Crippen LogP contribution in [0.5, 0.6) is 0 Å². The molecule has 0 radical (unpaired) electrons. The molecule has 47 heavy (non-hydrogen) atoms. The maximum atomic E-state index is 14.1. The summed E-state index contributed by atoms with van der Waals surface area (Å²) in [6.45, 7) is 1.82. The smallest absolute Gasteiger partial charge is 0.270 e. The van der Waals surface area contributed by atoms with Crippen LogP contribution in [-0.4, -0.2) is 87.0 Å². The molecule has 12 nitrogen and oxygen atoms in total. The van der Waals surface area contributed by atoms with E-state index in [1.807, 2.05) is 84.0 Å². The van der Waals surface area contributed by atoms with Crippen LogP contribution in [0.25, 0.3) is 22.4 Å². The number of piperidine rings is 2. The van der Waals surface area contributed by atoms with Gasteiger partial charge in [-0.05, 0) is 49.1 Å². The van der Waals surface area contributed by atoms with Crippen molar-refractivity contribution in [1.82, 2.24) is 38.3 Å². The van der Waals surface area contributed by atoms with Crippen molar-refractivity contribution in [3.8, 4) is 11.4 Å². The van der Waals surface area contributed by atoms with E-state index in [1.54, 1.807) is 27.7 Å². The minimum absolute atomic E-state index is 0.0508. The Bertz CT molecular complexity index is 2000. The van der Waals surface area contributed by atoms with Gasteiger partial charge in [0.25, 0.3) is 11.5 Å². The molecule has 4 aromatic heterocycles. The number of benzene rings is 1. The number of likely N-dealkylation sites (tertiary alicyclic amines) is 2. The van der Waals surface area contributed by atoms with Crippen LogP contribution in [-0.2, 0) is 32.5 Å². The fourth-order valence-electron chi connectivity index (χ4n) is 7.39. The number of amides is 2. The second kappa shape index (κ2) is 12.0. The molecule has 0 spiro atoms. The predicted molar refractivity (Wildman–Crippen MR) is 177 cm³/mol. The molecular weight excluding hydrogens is 596 g/mol. The maximum absolute atomic E-state index is 14.1. The average Bonchev–Trinajstić information content (AvgIpc) is 3.80. The van der Waals surface area contributed by atoms with E-state index in [9.17, 15) is 19.5 Å². The number of fused-ring (bicyclic) bond motifs is 1. The van der Waals surface area contributed by atoms with Crippen LogP contribution in [0.4, 0.5) is 0 Å². The summed E-state index contributed by atoms with van der Waals surface area (Å²) in [7, 11) is 5.61. The van der Waals surface area contributed by atoms with E-state index in [1.165, 1.54) is 10.9 Å². The van der Waals surface area contributed by atoms with E-state index in [4.69, 9.17) is 0 Å². The highest BCUT2D eigenvalue weighted by molar-refractivity contribution is 5.94. The topological polar surface area (TPSA) is 123 Å². The second-order valence-corrected chi connectivity index (χ2v) is 13.1. The highest BCUT2D eigenvalue weighted by atomic mass is 16.3. The number of carbonyl (C=O) groups is 2. The molecule has 2 fully saturated rings. The summed E-state index contributed by atoms with van der Waals surface area (Å²) in [6.07, 6.45) is 6.29. The van der Waals surface area contributed by atoms with Crippen LogP contribution in [0.2, 0.25) is 0 Å². The Balaban J connectivity index is 1.05. The van der Waals surface area contributed by atoms with Crippen LogP contribution >= 0.6 is 0 Å². The van der Waals surface area contributed by atoms with E-state index in [0.29, 0.717) is 62.2 Å². The van der Waals surface area contributed by atoms with Crippen molar-refractivity contribution < 1.29 is 14.7 Å². The second-order valence-electron chi connectivity index (χ2n) is 13.1. The lowest BCUT2D eigenvalue weighted by Gasteiger charge is -2.43. The molecule has 244 valence electrons. The summed E-state index contributed by atoms with van der Waals surface area (Å²) in [5.41, 5.74) is 2.76. The van der Waals surface area contributed by atoms with Gasteiger partial charge in [-0.25, -0.2) is 4.98 Å². The van der Waals surface area contributed by atoms with Gasteiger partial charge in [0, 0.05) is 71.6 Å². The average molecular weight is 637 g/mol. The molecule has 0 unspecified atom stereocenters. The van der Waals surface area contributed by atoms with Crippen molar-refractivity contribution in [3.63, 3.8) is 0 Å². The summed E-state index contributed by atoms with van der Waals surface area (Å²) in [5.74, 6) is -0.469. The Hall–Kier alpha value is -4.97. The fraction of sp³-hybridized carbons (Fsp3) is 0.400. The summed E-state index contributed by atoms with van der Waals surface area (Å²) >= 11 is 0. The van der Waals surface area contributed by atoms with Crippen LogP contribution in [0, 0.1) is 5.92 Å².